The molecule has 6 nitrogen and oxygen atoms in total. The van der Waals surface area contributed by atoms with E-state index in [0.717, 1.165) is 24.2 Å². The summed E-state index contributed by atoms with van der Waals surface area (Å²) < 4.78 is 12.4. The van der Waals surface area contributed by atoms with E-state index in [-0.39, 0.29) is 0 Å². The zero-order valence-corrected chi connectivity index (χ0v) is 11.7. The maximum Gasteiger partial charge on any atom is 0.0950 e. The molecule has 6 heteroatoms. The number of hydrogen-bond donors (Lipinski definition) is 1. The summed E-state index contributed by atoms with van der Waals surface area (Å²) in [6, 6.07) is 1.79. The van der Waals surface area contributed by atoms with Crippen LogP contribution in [0.25, 0.3) is 11.3 Å². The van der Waals surface area contributed by atoms with Gasteiger partial charge in [0, 0.05) is 43.9 Å². The van der Waals surface area contributed by atoms with Gasteiger partial charge in [-0.2, -0.15) is 0 Å². The molecule has 0 saturated carbocycles. The van der Waals surface area contributed by atoms with Crippen molar-refractivity contribution >= 4 is 5.69 Å². The molecule has 0 saturated heterocycles. The molecule has 0 bridgehead atoms. The van der Waals surface area contributed by atoms with Crippen molar-refractivity contribution in [2.24, 2.45) is 0 Å². The largest absolute Gasteiger partial charge is 0.398 e. The Morgan fingerprint density at radius 1 is 1.20 bits per heavy atom. The first kappa shape index (κ1) is 14.5. The van der Waals surface area contributed by atoms with E-state index in [1.54, 1.807) is 38.1 Å². The minimum atomic E-state index is 0.628. The number of pyridine rings is 1. The fourth-order valence-corrected chi connectivity index (χ4v) is 1.92. The fraction of sp³-hybridized carbons (Fsp3) is 0.429. The van der Waals surface area contributed by atoms with Crippen molar-refractivity contribution in [2.45, 2.75) is 13.0 Å². The molecule has 20 heavy (non-hydrogen) atoms. The van der Waals surface area contributed by atoms with Gasteiger partial charge < -0.3 is 19.8 Å². The van der Waals surface area contributed by atoms with Crippen LogP contribution in [0.1, 0.15) is 6.42 Å². The molecule has 0 atom stereocenters. The Balaban J connectivity index is 1.91. The molecule has 0 fully saturated rings. The van der Waals surface area contributed by atoms with Crippen molar-refractivity contribution in [3.8, 4) is 11.3 Å². The van der Waals surface area contributed by atoms with Crippen LogP contribution in [-0.4, -0.2) is 41.5 Å². The number of rotatable bonds is 8. The first-order valence-corrected chi connectivity index (χ1v) is 6.59. The standard InChI is InChI=1S/C14H20N4O2/c1-19-7-8-20-6-2-5-18-11-17-10-14(18)12-9-16-4-3-13(12)15/h3-4,9-11H,2,5-8H2,1H3,(H2,15,16). The summed E-state index contributed by atoms with van der Waals surface area (Å²) in [4.78, 5) is 8.30. The predicted octanol–water partition coefficient (Wildman–Crippen LogP) is 1.58. The summed E-state index contributed by atoms with van der Waals surface area (Å²) in [5, 5.41) is 0. The van der Waals surface area contributed by atoms with Crippen LogP contribution in [0.5, 0.6) is 0 Å². The molecule has 0 spiro atoms. The van der Waals surface area contributed by atoms with Crippen molar-refractivity contribution in [1.82, 2.24) is 14.5 Å². The van der Waals surface area contributed by atoms with Crippen LogP contribution >= 0.6 is 0 Å². The van der Waals surface area contributed by atoms with Crippen LogP contribution in [-0.2, 0) is 16.0 Å². The minimum Gasteiger partial charge on any atom is -0.398 e. The molecule has 0 aliphatic rings. The van der Waals surface area contributed by atoms with Gasteiger partial charge in [0.25, 0.3) is 0 Å². The van der Waals surface area contributed by atoms with Crippen molar-refractivity contribution in [3.05, 3.63) is 31.0 Å². The first-order chi connectivity index (χ1) is 9.83. The van der Waals surface area contributed by atoms with Crippen molar-refractivity contribution in [2.75, 3.05) is 32.7 Å². The van der Waals surface area contributed by atoms with E-state index in [1.807, 2.05) is 0 Å². The van der Waals surface area contributed by atoms with Gasteiger partial charge in [0.05, 0.1) is 31.4 Å². The van der Waals surface area contributed by atoms with Gasteiger partial charge in [-0.05, 0) is 12.5 Å². The van der Waals surface area contributed by atoms with Crippen LogP contribution in [0, 0.1) is 0 Å². The third-order valence-corrected chi connectivity index (χ3v) is 2.96. The van der Waals surface area contributed by atoms with Gasteiger partial charge in [-0.15, -0.1) is 0 Å². The lowest BCUT2D eigenvalue weighted by atomic mass is 10.2. The summed E-state index contributed by atoms with van der Waals surface area (Å²) in [5.41, 5.74) is 8.56. The molecular formula is C14H20N4O2. The molecule has 0 radical (unpaired) electrons. The molecule has 108 valence electrons. The Morgan fingerprint density at radius 2 is 2.10 bits per heavy atom. The van der Waals surface area contributed by atoms with Crippen LogP contribution < -0.4 is 5.73 Å². The average molecular weight is 276 g/mol. The highest BCUT2D eigenvalue weighted by Crippen LogP contribution is 2.24. The quantitative estimate of drug-likeness (QED) is 0.741. The van der Waals surface area contributed by atoms with E-state index in [4.69, 9.17) is 15.2 Å². The monoisotopic (exact) mass is 276 g/mol. The molecule has 0 amide bonds. The Kier molecular flexibility index (Phi) is 5.52. The zero-order chi connectivity index (χ0) is 14.2. The molecule has 2 heterocycles. The summed E-state index contributed by atoms with van der Waals surface area (Å²) in [6.45, 7) is 2.78. The minimum absolute atomic E-state index is 0.628. The number of aromatic nitrogens is 3. The number of ether oxygens (including phenoxy) is 2. The van der Waals surface area contributed by atoms with Gasteiger partial charge in [0.15, 0.2) is 0 Å². The van der Waals surface area contributed by atoms with Crippen LogP contribution in [0.2, 0.25) is 0 Å². The highest BCUT2D eigenvalue weighted by Gasteiger charge is 2.08. The number of imidazole rings is 1. The van der Waals surface area contributed by atoms with Gasteiger partial charge >= 0.3 is 0 Å². The fourth-order valence-electron chi connectivity index (χ4n) is 1.92. The third-order valence-electron chi connectivity index (χ3n) is 2.96. The second kappa shape index (κ2) is 7.62. The van der Waals surface area contributed by atoms with Crippen LogP contribution in [0.15, 0.2) is 31.0 Å². The number of nitrogens with zero attached hydrogens (tertiary/aromatic N) is 3. The molecule has 0 aliphatic carbocycles. The highest BCUT2D eigenvalue weighted by atomic mass is 16.5. The molecule has 0 aliphatic heterocycles. The Bertz CT molecular complexity index is 527. The zero-order valence-electron chi connectivity index (χ0n) is 11.7. The molecule has 0 unspecified atom stereocenters. The Labute approximate surface area is 118 Å². The van der Waals surface area contributed by atoms with Gasteiger partial charge in [-0.1, -0.05) is 0 Å². The number of nitrogen functional groups attached to an aromatic ring is 1. The molecule has 2 aromatic rings. The molecule has 0 aromatic carbocycles. The average Bonchev–Trinajstić information content (AvgIpc) is 2.91. The first-order valence-electron chi connectivity index (χ1n) is 6.59. The van der Waals surface area contributed by atoms with Crippen molar-refractivity contribution in [1.29, 1.82) is 0 Å². The van der Waals surface area contributed by atoms with Gasteiger partial charge in [0.1, 0.15) is 0 Å². The van der Waals surface area contributed by atoms with E-state index < -0.39 is 0 Å². The Hall–Kier alpha value is -1.92. The third kappa shape index (κ3) is 3.79. The lowest BCUT2D eigenvalue weighted by Gasteiger charge is -2.10. The molecule has 2 aromatic heterocycles. The number of anilines is 1. The summed E-state index contributed by atoms with van der Waals surface area (Å²) in [6.07, 6.45) is 7.96. The Morgan fingerprint density at radius 3 is 2.90 bits per heavy atom. The van der Waals surface area contributed by atoms with E-state index in [9.17, 15) is 0 Å². The smallest absolute Gasteiger partial charge is 0.0950 e. The summed E-state index contributed by atoms with van der Waals surface area (Å²) >= 11 is 0. The van der Waals surface area contributed by atoms with Gasteiger partial charge in [-0.3, -0.25) is 4.98 Å². The summed E-state index contributed by atoms with van der Waals surface area (Å²) in [5.74, 6) is 0. The van der Waals surface area contributed by atoms with E-state index in [0.29, 0.717) is 25.5 Å². The topological polar surface area (TPSA) is 75.2 Å². The van der Waals surface area contributed by atoms with E-state index in [2.05, 4.69) is 14.5 Å². The summed E-state index contributed by atoms with van der Waals surface area (Å²) in [7, 11) is 1.67. The maximum absolute atomic E-state index is 5.97. The van der Waals surface area contributed by atoms with Gasteiger partial charge in [-0.25, -0.2) is 4.98 Å². The second-order valence-electron chi connectivity index (χ2n) is 4.39. The number of nitrogens with two attached hydrogens (primary N) is 1. The lowest BCUT2D eigenvalue weighted by molar-refractivity contribution is 0.0680. The van der Waals surface area contributed by atoms with Crippen molar-refractivity contribution < 1.29 is 9.47 Å². The van der Waals surface area contributed by atoms with E-state index >= 15 is 0 Å². The molecule has 2 N–H and O–H groups in total. The van der Waals surface area contributed by atoms with Crippen molar-refractivity contribution in [3.63, 3.8) is 0 Å². The lowest BCUT2D eigenvalue weighted by Crippen LogP contribution is -2.07. The second-order valence-corrected chi connectivity index (χ2v) is 4.39. The maximum atomic E-state index is 5.97. The SMILES string of the molecule is COCCOCCCn1cncc1-c1cnccc1N. The number of methoxy groups -OCH3 is 1. The molecular weight excluding hydrogens is 256 g/mol. The van der Waals surface area contributed by atoms with Crippen LogP contribution in [0.4, 0.5) is 5.69 Å². The number of hydrogen-bond acceptors (Lipinski definition) is 5. The van der Waals surface area contributed by atoms with Crippen LogP contribution in [0.3, 0.4) is 0 Å². The predicted molar refractivity (Wildman–Crippen MR) is 77.2 cm³/mol. The van der Waals surface area contributed by atoms with Gasteiger partial charge in [0.2, 0.25) is 0 Å². The molecule has 2 rings (SSSR count). The van der Waals surface area contributed by atoms with E-state index in [1.165, 1.54) is 0 Å². The normalized spacial score (nSPS) is 10.8. The highest BCUT2D eigenvalue weighted by molar-refractivity contribution is 5.72. The number of aryl methyl sites for hydroxylation is 1.